The molecular formula is C52H100N+. The molecule has 0 amide bonds. The molecule has 0 heterocycles. The summed E-state index contributed by atoms with van der Waals surface area (Å²) in [4.78, 5) is 0. The van der Waals surface area contributed by atoms with Crippen LogP contribution < -0.4 is 0 Å². The Morgan fingerprint density at radius 1 is 0.283 bits per heavy atom. The lowest BCUT2D eigenvalue weighted by Crippen LogP contribution is -2.44. The molecule has 1 heteroatoms. The fourth-order valence-corrected chi connectivity index (χ4v) is 8.79. The molecule has 1 nitrogen and oxygen atoms in total. The minimum absolute atomic E-state index is 1.21. The average molecular weight is 739 g/mol. The number of hydrogen-bond donors (Lipinski definition) is 0. The van der Waals surface area contributed by atoms with E-state index >= 15 is 0 Å². The molecule has 0 saturated heterocycles. The normalized spacial score (nSPS) is 11.9. The fraction of sp³-hybridized carbons (Fsp3) is 0.885. The molecule has 0 aliphatic carbocycles. The van der Waals surface area contributed by atoms with Crippen molar-refractivity contribution in [1.82, 2.24) is 0 Å². The molecule has 0 atom stereocenters. The Hall–Kier alpha value is -0.820. The molecule has 1 aromatic carbocycles. The topological polar surface area (TPSA) is 0 Å². The van der Waals surface area contributed by atoms with Crippen molar-refractivity contribution in [3.05, 3.63) is 35.9 Å². The molecule has 0 fully saturated rings. The third-order valence-electron chi connectivity index (χ3n) is 12.5. The van der Waals surface area contributed by atoms with Gasteiger partial charge in [0.2, 0.25) is 0 Å². The predicted octanol–water partition coefficient (Wildman–Crippen LogP) is 18.3. The van der Waals surface area contributed by atoms with Crippen LogP contribution in [0.15, 0.2) is 30.3 Å². The molecule has 312 valence electrons. The van der Waals surface area contributed by atoms with Gasteiger partial charge in [0, 0.05) is 5.56 Å². The van der Waals surface area contributed by atoms with Crippen LogP contribution in [0.2, 0.25) is 0 Å². The molecule has 0 bridgehead atoms. The van der Waals surface area contributed by atoms with E-state index in [1.807, 2.05) is 0 Å². The first-order valence-electron chi connectivity index (χ1n) is 25.1. The summed E-state index contributed by atoms with van der Waals surface area (Å²) in [7, 11) is 2.55. The summed E-state index contributed by atoms with van der Waals surface area (Å²) in [5.74, 6) is 0. The maximum Gasteiger partial charge on any atom is 0.104 e. The van der Waals surface area contributed by atoms with Crippen molar-refractivity contribution in [3.63, 3.8) is 0 Å². The largest absolute Gasteiger partial charge is 0.322 e. The van der Waals surface area contributed by atoms with Crippen LogP contribution in [0.5, 0.6) is 0 Å². The molecule has 0 aromatic heterocycles. The zero-order valence-electron chi connectivity index (χ0n) is 37.2. The van der Waals surface area contributed by atoms with Gasteiger partial charge in [-0.3, -0.25) is 0 Å². The van der Waals surface area contributed by atoms with Crippen LogP contribution in [0.1, 0.15) is 276 Å². The Labute approximate surface area is 336 Å². The average Bonchev–Trinajstić information content (AvgIpc) is 3.16. The Bertz CT molecular complexity index is 757. The summed E-state index contributed by atoms with van der Waals surface area (Å²) in [6, 6.07) is 11.3. The Morgan fingerprint density at radius 2 is 0.491 bits per heavy atom. The van der Waals surface area contributed by atoms with E-state index in [-0.39, 0.29) is 0 Å². The number of unbranched alkanes of at least 4 members (excludes halogenated alkanes) is 38. The van der Waals surface area contributed by atoms with Crippen LogP contribution >= 0.6 is 0 Å². The van der Waals surface area contributed by atoms with Gasteiger partial charge in [-0.1, -0.05) is 275 Å². The molecule has 0 radical (unpaired) electrons. The molecule has 0 aliphatic heterocycles. The smallest absolute Gasteiger partial charge is 0.104 e. The van der Waals surface area contributed by atoms with Crippen LogP contribution in [0.4, 0.5) is 0 Å². The van der Waals surface area contributed by atoms with Gasteiger partial charge in [0.05, 0.1) is 20.1 Å². The summed E-state index contributed by atoms with van der Waals surface area (Å²) in [6.07, 6.45) is 58.5. The highest BCUT2D eigenvalue weighted by Gasteiger charge is 2.21. The minimum atomic E-state index is 1.21. The highest BCUT2D eigenvalue weighted by molar-refractivity contribution is 5.13. The monoisotopic (exact) mass is 739 g/mol. The first-order chi connectivity index (χ1) is 26.2. The fourth-order valence-electron chi connectivity index (χ4n) is 8.79. The molecule has 0 spiro atoms. The van der Waals surface area contributed by atoms with Crippen LogP contribution in [-0.2, 0) is 6.54 Å². The van der Waals surface area contributed by atoms with Crippen LogP contribution in [0.25, 0.3) is 0 Å². The lowest BCUT2D eigenvalue weighted by Gasteiger charge is -2.35. The summed E-state index contributed by atoms with van der Waals surface area (Å²) in [5, 5.41) is 0. The van der Waals surface area contributed by atoms with Crippen molar-refractivity contribution in [2.45, 2.75) is 277 Å². The second-order valence-corrected chi connectivity index (χ2v) is 18.1. The van der Waals surface area contributed by atoms with E-state index in [9.17, 15) is 0 Å². The summed E-state index contributed by atoms with van der Waals surface area (Å²) in [6.45, 7) is 8.54. The zero-order valence-corrected chi connectivity index (χ0v) is 37.2. The summed E-state index contributed by atoms with van der Waals surface area (Å²) >= 11 is 0. The van der Waals surface area contributed by atoms with Crippen molar-refractivity contribution in [3.8, 4) is 0 Å². The van der Waals surface area contributed by atoms with E-state index in [1.165, 1.54) is 287 Å². The van der Waals surface area contributed by atoms with Crippen molar-refractivity contribution in [2.75, 3.05) is 20.1 Å². The summed E-state index contributed by atoms with van der Waals surface area (Å²) < 4.78 is 1.24. The molecule has 0 N–H and O–H groups in total. The van der Waals surface area contributed by atoms with Crippen molar-refractivity contribution >= 4 is 0 Å². The quantitative estimate of drug-likeness (QED) is 0.0462. The van der Waals surface area contributed by atoms with Gasteiger partial charge in [0.15, 0.2) is 0 Å². The second kappa shape index (κ2) is 40.8. The molecule has 0 saturated carbocycles. The van der Waals surface area contributed by atoms with Gasteiger partial charge in [-0.05, 0) is 25.7 Å². The number of benzene rings is 1. The molecule has 53 heavy (non-hydrogen) atoms. The van der Waals surface area contributed by atoms with E-state index in [0.717, 1.165) is 0 Å². The lowest BCUT2D eigenvalue weighted by molar-refractivity contribution is -0.923. The predicted molar refractivity (Wildman–Crippen MR) is 242 cm³/mol. The van der Waals surface area contributed by atoms with Gasteiger partial charge in [-0.2, -0.15) is 0 Å². The molecular weight excluding hydrogens is 639 g/mol. The highest BCUT2D eigenvalue weighted by Crippen LogP contribution is 2.20. The lowest BCUT2D eigenvalue weighted by atomic mass is 10.0. The molecule has 1 rings (SSSR count). The Morgan fingerprint density at radius 3 is 0.717 bits per heavy atom. The maximum atomic E-state index is 2.55. The van der Waals surface area contributed by atoms with Crippen molar-refractivity contribution < 1.29 is 4.48 Å². The number of rotatable bonds is 44. The molecule has 1 aromatic rings. The van der Waals surface area contributed by atoms with E-state index < -0.39 is 0 Å². The van der Waals surface area contributed by atoms with Gasteiger partial charge in [0.1, 0.15) is 6.54 Å². The Kier molecular flexibility index (Phi) is 38.7. The van der Waals surface area contributed by atoms with Gasteiger partial charge < -0.3 is 4.48 Å². The standard InChI is InChI=1S/C52H100N/c1-4-6-8-10-12-14-16-18-20-22-24-26-28-30-32-34-36-38-40-45-49-53(3,51-52-47-43-42-44-48-52)50-46-41-39-37-35-33-31-29-27-25-23-21-19-17-15-13-11-9-7-5-2/h42-44,47-48H,4-41,45-46,49-51H2,1-3H3/q+1. The number of nitrogens with zero attached hydrogens (tertiary/aromatic N) is 1. The third kappa shape index (κ3) is 36.6. The van der Waals surface area contributed by atoms with Crippen molar-refractivity contribution in [2.24, 2.45) is 0 Å². The van der Waals surface area contributed by atoms with E-state index in [1.54, 1.807) is 0 Å². The Balaban J connectivity index is 1.98. The zero-order chi connectivity index (χ0) is 38.0. The van der Waals surface area contributed by atoms with Crippen LogP contribution in [0, 0.1) is 0 Å². The van der Waals surface area contributed by atoms with Gasteiger partial charge in [0.25, 0.3) is 0 Å². The minimum Gasteiger partial charge on any atom is -0.322 e. The number of hydrogen-bond acceptors (Lipinski definition) is 0. The SMILES string of the molecule is CCCCCCCCCCCCCCCCCCCCCC[N+](C)(CCCCCCCCCCCCCCCCCCCCCC)Cc1ccccc1. The number of quaternary nitrogens is 1. The highest BCUT2D eigenvalue weighted by atomic mass is 15.3. The third-order valence-corrected chi connectivity index (χ3v) is 12.5. The second-order valence-electron chi connectivity index (χ2n) is 18.1. The first-order valence-corrected chi connectivity index (χ1v) is 25.1. The van der Waals surface area contributed by atoms with Gasteiger partial charge >= 0.3 is 0 Å². The summed E-state index contributed by atoms with van der Waals surface area (Å²) in [5.41, 5.74) is 1.52. The maximum absolute atomic E-state index is 2.55. The van der Waals surface area contributed by atoms with E-state index in [4.69, 9.17) is 0 Å². The van der Waals surface area contributed by atoms with Crippen LogP contribution in [-0.4, -0.2) is 24.6 Å². The van der Waals surface area contributed by atoms with E-state index in [0.29, 0.717) is 0 Å². The van der Waals surface area contributed by atoms with Crippen LogP contribution in [0.3, 0.4) is 0 Å². The first kappa shape index (κ1) is 50.2. The van der Waals surface area contributed by atoms with Crippen molar-refractivity contribution in [1.29, 1.82) is 0 Å². The van der Waals surface area contributed by atoms with Gasteiger partial charge in [-0.15, -0.1) is 0 Å². The molecule has 0 unspecified atom stereocenters. The van der Waals surface area contributed by atoms with E-state index in [2.05, 4.69) is 51.2 Å². The van der Waals surface area contributed by atoms with Gasteiger partial charge in [-0.25, -0.2) is 0 Å². The molecule has 0 aliphatic rings.